The van der Waals surface area contributed by atoms with Gasteiger partial charge in [-0.05, 0) is 37.5 Å². The zero-order chi connectivity index (χ0) is 21.3. The van der Waals surface area contributed by atoms with E-state index >= 15 is 0 Å². The molecule has 0 spiro atoms. The minimum atomic E-state index is -3.60. The van der Waals surface area contributed by atoms with Crippen molar-refractivity contribution < 1.29 is 27.5 Å². The number of benzene rings is 1. The van der Waals surface area contributed by atoms with E-state index in [1.54, 1.807) is 12.1 Å². The Hall–Kier alpha value is -2.52. The molecule has 29 heavy (non-hydrogen) atoms. The normalized spacial score (nSPS) is 22.7. The van der Waals surface area contributed by atoms with Crippen LogP contribution in [0.2, 0.25) is 0 Å². The lowest BCUT2D eigenvalue weighted by Crippen LogP contribution is -2.44. The first-order valence-electron chi connectivity index (χ1n) is 9.34. The maximum absolute atomic E-state index is 12.6. The van der Waals surface area contributed by atoms with E-state index in [-0.39, 0.29) is 23.3 Å². The number of amides is 2. The Bertz CT molecular complexity index is 943. The molecule has 1 saturated heterocycles. The summed E-state index contributed by atoms with van der Waals surface area (Å²) in [4.78, 5) is 38.7. The Morgan fingerprint density at radius 1 is 1.17 bits per heavy atom. The molecule has 3 rings (SSSR count). The number of esters is 1. The first kappa shape index (κ1) is 21.2. The van der Waals surface area contributed by atoms with E-state index in [2.05, 4.69) is 0 Å². The van der Waals surface area contributed by atoms with Crippen LogP contribution in [0.1, 0.15) is 25.3 Å². The summed E-state index contributed by atoms with van der Waals surface area (Å²) < 4.78 is 30.8. The van der Waals surface area contributed by atoms with E-state index in [0.717, 1.165) is 9.21 Å². The number of sulfonamides is 1. The van der Waals surface area contributed by atoms with Gasteiger partial charge in [0.05, 0.1) is 16.7 Å². The standard InChI is InChI=1S/C20H24N2O6S/c1-13(22-18(23)16-9-4-5-10-17(16)19(22)24)20(25)28-12-14-7-6-8-15(11-14)29(26,27)21(2)3/h4-8,11,13,16-17H,9-10,12H2,1-3H3. The smallest absolute Gasteiger partial charge is 0.329 e. The minimum absolute atomic E-state index is 0.0885. The molecule has 2 aliphatic rings. The molecule has 1 aromatic rings. The number of hydrogen-bond acceptors (Lipinski definition) is 6. The van der Waals surface area contributed by atoms with Crippen LogP contribution in [-0.4, -0.2) is 55.5 Å². The highest BCUT2D eigenvalue weighted by Crippen LogP contribution is 2.36. The van der Waals surface area contributed by atoms with E-state index in [4.69, 9.17) is 4.74 Å². The van der Waals surface area contributed by atoms with Gasteiger partial charge in [0.15, 0.2) is 0 Å². The third kappa shape index (κ3) is 3.97. The fourth-order valence-electron chi connectivity index (χ4n) is 3.59. The van der Waals surface area contributed by atoms with E-state index in [0.29, 0.717) is 18.4 Å². The van der Waals surface area contributed by atoms with E-state index in [1.807, 2.05) is 12.2 Å². The van der Waals surface area contributed by atoms with Crippen LogP contribution in [0.5, 0.6) is 0 Å². The highest BCUT2D eigenvalue weighted by Gasteiger charge is 2.50. The maximum Gasteiger partial charge on any atom is 0.329 e. The summed E-state index contributed by atoms with van der Waals surface area (Å²) >= 11 is 0. The van der Waals surface area contributed by atoms with Crippen LogP contribution < -0.4 is 0 Å². The molecule has 1 fully saturated rings. The number of hydrogen-bond donors (Lipinski definition) is 0. The molecule has 1 aliphatic carbocycles. The minimum Gasteiger partial charge on any atom is -0.459 e. The molecule has 0 bridgehead atoms. The fraction of sp³-hybridized carbons (Fsp3) is 0.450. The van der Waals surface area contributed by atoms with Crippen LogP contribution >= 0.6 is 0 Å². The lowest BCUT2D eigenvalue weighted by Gasteiger charge is -2.21. The highest BCUT2D eigenvalue weighted by atomic mass is 32.2. The topological polar surface area (TPSA) is 101 Å². The van der Waals surface area contributed by atoms with Gasteiger partial charge in [-0.25, -0.2) is 17.5 Å². The number of allylic oxidation sites excluding steroid dienone is 2. The van der Waals surface area contributed by atoms with E-state index in [9.17, 15) is 22.8 Å². The molecule has 1 aromatic carbocycles. The lowest BCUT2D eigenvalue weighted by atomic mass is 9.85. The second kappa shape index (κ2) is 8.08. The van der Waals surface area contributed by atoms with Crippen LogP contribution in [0.15, 0.2) is 41.3 Å². The second-order valence-corrected chi connectivity index (χ2v) is 9.57. The van der Waals surface area contributed by atoms with Crippen LogP contribution in [0.3, 0.4) is 0 Å². The molecular weight excluding hydrogens is 396 g/mol. The summed E-state index contributed by atoms with van der Waals surface area (Å²) in [5.41, 5.74) is 0.491. The molecule has 9 heteroatoms. The third-order valence-corrected chi connectivity index (χ3v) is 7.14. The number of imide groups is 1. The van der Waals surface area contributed by atoms with Crippen molar-refractivity contribution in [3.05, 3.63) is 42.0 Å². The number of carbonyl (C=O) groups excluding carboxylic acids is 3. The Balaban J connectivity index is 1.67. The molecule has 1 aliphatic heterocycles. The monoisotopic (exact) mass is 420 g/mol. The summed E-state index contributed by atoms with van der Waals surface area (Å²) in [6, 6.07) is 5.06. The van der Waals surface area contributed by atoms with Gasteiger partial charge < -0.3 is 4.74 Å². The predicted octanol–water partition coefficient (Wildman–Crippen LogP) is 1.32. The van der Waals surface area contributed by atoms with Crippen molar-refractivity contribution in [3.8, 4) is 0 Å². The summed E-state index contributed by atoms with van der Waals surface area (Å²) in [5, 5.41) is 0. The van der Waals surface area contributed by atoms with Gasteiger partial charge in [0.25, 0.3) is 0 Å². The molecule has 0 saturated carbocycles. The molecule has 1 heterocycles. The summed E-state index contributed by atoms with van der Waals surface area (Å²) in [7, 11) is -0.742. The van der Waals surface area contributed by atoms with Gasteiger partial charge in [-0.2, -0.15) is 0 Å². The summed E-state index contributed by atoms with van der Waals surface area (Å²) in [5.74, 6) is -2.20. The SMILES string of the molecule is CC(C(=O)OCc1cccc(S(=O)(=O)N(C)C)c1)N1C(=O)C2CC=CCC2C1=O. The number of carbonyl (C=O) groups is 3. The number of fused-ring (bicyclic) bond motifs is 1. The largest absolute Gasteiger partial charge is 0.459 e. The van der Waals surface area contributed by atoms with Crippen molar-refractivity contribution in [1.82, 2.24) is 9.21 Å². The first-order valence-corrected chi connectivity index (χ1v) is 10.8. The summed E-state index contributed by atoms with van der Waals surface area (Å²) in [6.07, 6.45) is 4.77. The molecule has 8 nitrogen and oxygen atoms in total. The number of nitrogens with zero attached hydrogens (tertiary/aromatic N) is 2. The van der Waals surface area contributed by atoms with Crippen LogP contribution in [0, 0.1) is 11.8 Å². The summed E-state index contributed by atoms with van der Waals surface area (Å²) in [6.45, 7) is 1.31. The van der Waals surface area contributed by atoms with Gasteiger partial charge in [-0.15, -0.1) is 0 Å². The van der Waals surface area contributed by atoms with Gasteiger partial charge in [0.1, 0.15) is 12.6 Å². The predicted molar refractivity (Wildman–Crippen MR) is 104 cm³/mol. The average Bonchev–Trinajstić information content (AvgIpc) is 2.96. The van der Waals surface area contributed by atoms with Gasteiger partial charge in [-0.1, -0.05) is 24.3 Å². The average molecular weight is 420 g/mol. The number of likely N-dealkylation sites (tertiary alicyclic amines) is 1. The molecule has 0 N–H and O–H groups in total. The van der Waals surface area contributed by atoms with Gasteiger partial charge in [0, 0.05) is 14.1 Å². The van der Waals surface area contributed by atoms with Crippen molar-refractivity contribution in [2.75, 3.05) is 14.1 Å². The Morgan fingerprint density at radius 3 is 2.31 bits per heavy atom. The number of ether oxygens (including phenoxy) is 1. The third-order valence-electron chi connectivity index (χ3n) is 5.33. The highest BCUT2D eigenvalue weighted by molar-refractivity contribution is 7.89. The Kier molecular flexibility index (Phi) is 5.90. The fourth-order valence-corrected chi connectivity index (χ4v) is 4.57. The molecule has 0 radical (unpaired) electrons. The quantitative estimate of drug-likeness (QED) is 0.391. The molecule has 3 unspecified atom stereocenters. The molecule has 2 amide bonds. The van der Waals surface area contributed by atoms with Crippen LogP contribution in [-0.2, 0) is 35.8 Å². The van der Waals surface area contributed by atoms with Crippen molar-refractivity contribution in [2.45, 2.75) is 37.3 Å². The van der Waals surface area contributed by atoms with Crippen molar-refractivity contribution in [2.24, 2.45) is 11.8 Å². The van der Waals surface area contributed by atoms with E-state index < -0.39 is 33.9 Å². The molecule has 0 aromatic heterocycles. The van der Waals surface area contributed by atoms with Crippen LogP contribution in [0.25, 0.3) is 0 Å². The number of rotatable bonds is 6. The first-order chi connectivity index (χ1) is 13.6. The second-order valence-electron chi connectivity index (χ2n) is 7.42. The maximum atomic E-state index is 12.6. The van der Waals surface area contributed by atoms with Crippen molar-refractivity contribution in [3.63, 3.8) is 0 Å². The van der Waals surface area contributed by atoms with Crippen LogP contribution in [0.4, 0.5) is 0 Å². The zero-order valence-corrected chi connectivity index (χ0v) is 17.4. The molecule has 156 valence electrons. The van der Waals surface area contributed by atoms with Gasteiger partial charge in [-0.3, -0.25) is 14.5 Å². The van der Waals surface area contributed by atoms with Gasteiger partial charge in [0.2, 0.25) is 21.8 Å². The van der Waals surface area contributed by atoms with E-state index in [1.165, 1.54) is 33.2 Å². The Labute approximate surface area is 170 Å². The van der Waals surface area contributed by atoms with Crippen molar-refractivity contribution in [1.29, 1.82) is 0 Å². The Morgan fingerprint density at radius 2 is 1.76 bits per heavy atom. The van der Waals surface area contributed by atoms with Gasteiger partial charge >= 0.3 is 5.97 Å². The van der Waals surface area contributed by atoms with Crippen molar-refractivity contribution >= 4 is 27.8 Å². The molecule has 3 atom stereocenters. The lowest BCUT2D eigenvalue weighted by molar-refractivity contribution is -0.159. The zero-order valence-electron chi connectivity index (χ0n) is 16.6. The molecular formula is C20H24N2O6S.